The molecule has 3 rings (SSSR count). The SMILES string of the molecule is N#Cc1ccccc1NC(=O)c1ccn(Cn2cccn2)n1. The zero-order chi connectivity index (χ0) is 15.4. The highest BCUT2D eigenvalue weighted by atomic mass is 16.1. The number of benzene rings is 1. The van der Waals surface area contributed by atoms with Crippen LogP contribution in [0.3, 0.4) is 0 Å². The maximum absolute atomic E-state index is 12.2. The topological polar surface area (TPSA) is 88.5 Å². The Morgan fingerprint density at radius 2 is 2.05 bits per heavy atom. The Bertz CT molecular complexity index is 828. The molecule has 0 saturated heterocycles. The van der Waals surface area contributed by atoms with Gasteiger partial charge in [-0.15, -0.1) is 0 Å². The fourth-order valence-electron chi connectivity index (χ4n) is 1.97. The van der Waals surface area contributed by atoms with Crippen molar-refractivity contribution in [2.75, 3.05) is 5.32 Å². The third kappa shape index (κ3) is 2.86. The van der Waals surface area contributed by atoms with E-state index < -0.39 is 0 Å². The van der Waals surface area contributed by atoms with Gasteiger partial charge < -0.3 is 5.32 Å². The number of para-hydroxylation sites is 1. The molecule has 108 valence electrons. The van der Waals surface area contributed by atoms with E-state index in [1.165, 1.54) is 0 Å². The van der Waals surface area contributed by atoms with Gasteiger partial charge in [0.1, 0.15) is 12.7 Å². The van der Waals surface area contributed by atoms with Crippen molar-refractivity contribution in [3.63, 3.8) is 0 Å². The lowest BCUT2D eigenvalue weighted by atomic mass is 10.2. The Hall–Kier alpha value is -3.40. The van der Waals surface area contributed by atoms with Crippen molar-refractivity contribution in [3.8, 4) is 6.07 Å². The summed E-state index contributed by atoms with van der Waals surface area (Å²) in [6.07, 6.45) is 5.19. The Labute approximate surface area is 126 Å². The minimum atomic E-state index is -0.359. The van der Waals surface area contributed by atoms with Crippen molar-refractivity contribution < 1.29 is 4.79 Å². The van der Waals surface area contributed by atoms with Gasteiger partial charge in [0.05, 0.1) is 11.3 Å². The summed E-state index contributed by atoms with van der Waals surface area (Å²) in [5.74, 6) is -0.359. The quantitative estimate of drug-likeness (QED) is 0.792. The van der Waals surface area contributed by atoms with E-state index in [1.54, 1.807) is 52.1 Å². The molecule has 0 aliphatic heterocycles. The normalized spacial score (nSPS) is 10.1. The molecule has 0 fully saturated rings. The van der Waals surface area contributed by atoms with Gasteiger partial charge in [-0.1, -0.05) is 12.1 Å². The Morgan fingerprint density at radius 3 is 2.82 bits per heavy atom. The molecule has 22 heavy (non-hydrogen) atoms. The van der Waals surface area contributed by atoms with Crippen LogP contribution in [0.15, 0.2) is 55.0 Å². The summed E-state index contributed by atoms with van der Waals surface area (Å²) in [6.45, 7) is 0.426. The van der Waals surface area contributed by atoms with E-state index in [2.05, 4.69) is 15.5 Å². The first-order valence-corrected chi connectivity index (χ1v) is 6.57. The van der Waals surface area contributed by atoms with Crippen LogP contribution in [0.25, 0.3) is 0 Å². The predicted molar refractivity (Wildman–Crippen MR) is 79.0 cm³/mol. The molecule has 2 aromatic heterocycles. The molecule has 0 aliphatic rings. The third-order valence-corrected chi connectivity index (χ3v) is 3.02. The van der Waals surface area contributed by atoms with Gasteiger partial charge in [-0.05, 0) is 24.3 Å². The first-order chi connectivity index (χ1) is 10.8. The number of aromatic nitrogens is 4. The molecule has 7 nitrogen and oxygen atoms in total. The van der Waals surface area contributed by atoms with Gasteiger partial charge in [0.25, 0.3) is 5.91 Å². The lowest BCUT2D eigenvalue weighted by Gasteiger charge is -2.05. The monoisotopic (exact) mass is 292 g/mol. The van der Waals surface area contributed by atoms with E-state index in [0.717, 1.165) is 0 Å². The smallest absolute Gasteiger partial charge is 0.276 e. The fraction of sp³-hybridized carbons (Fsp3) is 0.0667. The molecule has 3 aromatic rings. The average Bonchev–Trinajstić information content (AvgIpc) is 3.20. The molecule has 1 amide bonds. The van der Waals surface area contributed by atoms with Crippen LogP contribution < -0.4 is 5.32 Å². The fourth-order valence-corrected chi connectivity index (χ4v) is 1.97. The molecule has 0 bridgehead atoms. The number of hydrogen-bond acceptors (Lipinski definition) is 4. The average molecular weight is 292 g/mol. The number of rotatable bonds is 4. The molecule has 0 radical (unpaired) electrons. The number of anilines is 1. The summed E-state index contributed by atoms with van der Waals surface area (Å²) < 4.78 is 3.30. The van der Waals surface area contributed by atoms with Crippen molar-refractivity contribution in [2.45, 2.75) is 6.67 Å². The highest BCUT2D eigenvalue weighted by Gasteiger charge is 2.12. The maximum atomic E-state index is 12.2. The summed E-state index contributed by atoms with van der Waals surface area (Å²) in [4.78, 5) is 12.2. The largest absolute Gasteiger partial charge is 0.319 e. The Morgan fingerprint density at radius 1 is 1.18 bits per heavy atom. The molecule has 2 heterocycles. The molecule has 0 saturated carbocycles. The third-order valence-electron chi connectivity index (χ3n) is 3.02. The number of nitrogens with zero attached hydrogens (tertiary/aromatic N) is 5. The van der Waals surface area contributed by atoms with Crippen LogP contribution in [0.5, 0.6) is 0 Å². The predicted octanol–water partition coefficient (Wildman–Crippen LogP) is 1.71. The second kappa shape index (κ2) is 5.93. The van der Waals surface area contributed by atoms with E-state index >= 15 is 0 Å². The molecular formula is C15H12N6O. The number of amides is 1. The number of carbonyl (C=O) groups excluding carboxylic acids is 1. The summed E-state index contributed by atoms with van der Waals surface area (Å²) in [7, 11) is 0. The van der Waals surface area contributed by atoms with E-state index in [0.29, 0.717) is 17.9 Å². The second-order valence-corrected chi connectivity index (χ2v) is 4.54. The zero-order valence-electron chi connectivity index (χ0n) is 11.5. The molecule has 7 heteroatoms. The molecule has 0 unspecified atom stereocenters. The lowest BCUT2D eigenvalue weighted by molar-refractivity contribution is 0.102. The highest BCUT2D eigenvalue weighted by Crippen LogP contribution is 2.14. The van der Waals surface area contributed by atoms with Gasteiger partial charge >= 0.3 is 0 Å². The Kier molecular flexibility index (Phi) is 3.66. The van der Waals surface area contributed by atoms with E-state index in [9.17, 15) is 4.79 Å². The van der Waals surface area contributed by atoms with Gasteiger partial charge in [0.2, 0.25) is 0 Å². The molecular weight excluding hydrogens is 280 g/mol. The molecule has 1 N–H and O–H groups in total. The molecule has 0 aliphatic carbocycles. The minimum Gasteiger partial charge on any atom is -0.319 e. The number of hydrogen-bond donors (Lipinski definition) is 1. The second-order valence-electron chi connectivity index (χ2n) is 4.54. The van der Waals surface area contributed by atoms with Gasteiger partial charge in [-0.25, -0.2) is 0 Å². The van der Waals surface area contributed by atoms with Gasteiger partial charge in [-0.2, -0.15) is 15.5 Å². The lowest BCUT2D eigenvalue weighted by Crippen LogP contribution is -2.15. The minimum absolute atomic E-state index is 0.278. The highest BCUT2D eigenvalue weighted by molar-refractivity contribution is 6.03. The van der Waals surface area contributed by atoms with Crippen molar-refractivity contribution in [2.24, 2.45) is 0 Å². The van der Waals surface area contributed by atoms with Crippen molar-refractivity contribution in [3.05, 3.63) is 66.2 Å². The molecule has 0 spiro atoms. The van der Waals surface area contributed by atoms with Crippen molar-refractivity contribution in [1.29, 1.82) is 5.26 Å². The van der Waals surface area contributed by atoms with Gasteiger partial charge in [0.15, 0.2) is 5.69 Å². The summed E-state index contributed by atoms with van der Waals surface area (Å²) in [5.41, 5.74) is 1.16. The van der Waals surface area contributed by atoms with Gasteiger partial charge in [-0.3, -0.25) is 14.2 Å². The number of nitriles is 1. The van der Waals surface area contributed by atoms with E-state index in [1.807, 2.05) is 18.3 Å². The summed E-state index contributed by atoms with van der Waals surface area (Å²) in [5, 5.41) is 20.0. The first kappa shape index (κ1) is 13.6. The first-order valence-electron chi connectivity index (χ1n) is 6.57. The van der Waals surface area contributed by atoms with Crippen molar-refractivity contribution >= 4 is 11.6 Å². The zero-order valence-corrected chi connectivity index (χ0v) is 11.5. The van der Waals surface area contributed by atoms with E-state index in [-0.39, 0.29) is 11.6 Å². The van der Waals surface area contributed by atoms with Crippen LogP contribution in [0.2, 0.25) is 0 Å². The number of carbonyl (C=O) groups is 1. The van der Waals surface area contributed by atoms with Crippen LogP contribution in [0.1, 0.15) is 16.1 Å². The van der Waals surface area contributed by atoms with E-state index in [4.69, 9.17) is 5.26 Å². The number of nitrogens with one attached hydrogen (secondary N) is 1. The van der Waals surface area contributed by atoms with Crippen LogP contribution in [-0.2, 0) is 6.67 Å². The standard InChI is InChI=1S/C15H12N6O/c16-10-12-4-1-2-5-13(12)18-15(22)14-6-9-21(19-14)11-20-8-3-7-17-20/h1-9H,11H2,(H,18,22). The van der Waals surface area contributed by atoms with Crippen LogP contribution >= 0.6 is 0 Å². The Balaban J connectivity index is 1.73. The van der Waals surface area contributed by atoms with Crippen LogP contribution in [0, 0.1) is 11.3 Å². The summed E-state index contributed by atoms with van der Waals surface area (Å²) in [6, 6.07) is 12.3. The molecule has 0 atom stereocenters. The maximum Gasteiger partial charge on any atom is 0.276 e. The van der Waals surface area contributed by atoms with Crippen molar-refractivity contribution in [1.82, 2.24) is 19.6 Å². The molecule has 1 aromatic carbocycles. The van der Waals surface area contributed by atoms with Gasteiger partial charge in [0, 0.05) is 18.6 Å². The van der Waals surface area contributed by atoms with Crippen LogP contribution in [0.4, 0.5) is 5.69 Å². The van der Waals surface area contributed by atoms with Crippen LogP contribution in [-0.4, -0.2) is 25.5 Å². The summed E-state index contributed by atoms with van der Waals surface area (Å²) >= 11 is 0.